The average molecular weight is 375 g/mol. The highest BCUT2D eigenvalue weighted by molar-refractivity contribution is 7.91. The molecule has 7 heteroatoms. The molecule has 0 saturated carbocycles. The van der Waals surface area contributed by atoms with Gasteiger partial charge in [0.2, 0.25) is 0 Å². The SMILES string of the molecule is CC[S+]([O-])C(C)N1C(=O)c2ccc(OCc3ccc(F)cc3)cc2C1=O. The Morgan fingerprint density at radius 2 is 1.77 bits per heavy atom. The molecule has 2 unspecified atom stereocenters. The lowest BCUT2D eigenvalue weighted by molar-refractivity contribution is 0.0640. The van der Waals surface area contributed by atoms with E-state index in [4.69, 9.17) is 4.74 Å². The molecule has 2 atom stereocenters. The van der Waals surface area contributed by atoms with Gasteiger partial charge in [0.05, 0.1) is 11.1 Å². The van der Waals surface area contributed by atoms with Gasteiger partial charge in [-0.25, -0.2) is 9.29 Å². The van der Waals surface area contributed by atoms with E-state index in [2.05, 4.69) is 0 Å². The number of rotatable bonds is 6. The van der Waals surface area contributed by atoms with Crippen molar-refractivity contribution in [2.75, 3.05) is 5.75 Å². The molecule has 2 aromatic rings. The van der Waals surface area contributed by atoms with Gasteiger partial charge in [0.25, 0.3) is 11.8 Å². The Labute approximate surface area is 153 Å². The average Bonchev–Trinajstić information content (AvgIpc) is 2.90. The van der Waals surface area contributed by atoms with Gasteiger partial charge in [0, 0.05) is 6.92 Å². The van der Waals surface area contributed by atoms with E-state index < -0.39 is 28.4 Å². The molecule has 1 aliphatic heterocycles. The van der Waals surface area contributed by atoms with Gasteiger partial charge in [-0.15, -0.1) is 0 Å². The number of amides is 2. The maximum atomic E-state index is 12.9. The van der Waals surface area contributed by atoms with Crippen molar-refractivity contribution in [1.29, 1.82) is 0 Å². The van der Waals surface area contributed by atoms with Crippen LogP contribution in [0.15, 0.2) is 42.5 Å². The fourth-order valence-corrected chi connectivity index (χ4v) is 3.67. The zero-order valence-corrected chi connectivity index (χ0v) is 15.2. The molecule has 2 aromatic carbocycles. The smallest absolute Gasteiger partial charge is 0.265 e. The molecule has 1 aliphatic rings. The molecule has 0 saturated heterocycles. The highest BCUT2D eigenvalue weighted by Crippen LogP contribution is 2.30. The van der Waals surface area contributed by atoms with Crippen molar-refractivity contribution in [3.8, 4) is 5.75 Å². The quantitative estimate of drug-likeness (QED) is 0.575. The molecule has 0 N–H and O–H groups in total. The second kappa shape index (κ2) is 7.47. The lowest BCUT2D eigenvalue weighted by Crippen LogP contribution is -2.43. The molecule has 0 bridgehead atoms. The number of nitrogens with zero attached hydrogens (tertiary/aromatic N) is 1. The van der Waals surface area contributed by atoms with E-state index in [1.807, 2.05) is 0 Å². The van der Waals surface area contributed by atoms with E-state index in [0.717, 1.165) is 10.5 Å². The molecule has 1 heterocycles. The maximum Gasteiger partial charge on any atom is 0.265 e. The second-order valence-electron chi connectivity index (χ2n) is 5.87. The van der Waals surface area contributed by atoms with Gasteiger partial charge in [-0.1, -0.05) is 12.1 Å². The van der Waals surface area contributed by atoms with E-state index in [1.165, 1.54) is 24.3 Å². The summed E-state index contributed by atoms with van der Waals surface area (Å²) in [6.07, 6.45) is 0. The highest BCUT2D eigenvalue weighted by Gasteiger charge is 2.42. The number of fused-ring (bicyclic) bond motifs is 1. The molecule has 5 nitrogen and oxygen atoms in total. The summed E-state index contributed by atoms with van der Waals surface area (Å²) in [4.78, 5) is 26.1. The molecule has 0 spiro atoms. The van der Waals surface area contributed by atoms with E-state index >= 15 is 0 Å². The number of imide groups is 1. The fourth-order valence-electron chi connectivity index (χ4n) is 2.76. The molecule has 3 rings (SSSR count). The number of carbonyl (C=O) groups excluding carboxylic acids is 2. The summed E-state index contributed by atoms with van der Waals surface area (Å²) in [5.74, 6) is -0.439. The zero-order chi connectivity index (χ0) is 18.8. The monoisotopic (exact) mass is 375 g/mol. The molecule has 0 aromatic heterocycles. The van der Waals surface area contributed by atoms with Crippen LogP contribution < -0.4 is 4.74 Å². The molecule has 136 valence electrons. The van der Waals surface area contributed by atoms with Gasteiger partial charge in [-0.2, -0.15) is 0 Å². The van der Waals surface area contributed by atoms with Crippen LogP contribution in [-0.4, -0.2) is 32.4 Å². The van der Waals surface area contributed by atoms with E-state index in [-0.39, 0.29) is 23.6 Å². The van der Waals surface area contributed by atoms with Crippen LogP contribution in [0.4, 0.5) is 4.39 Å². The summed E-state index contributed by atoms with van der Waals surface area (Å²) in [6.45, 7) is 3.56. The predicted molar refractivity (Wildman–Crippen MR) is 95.8 cm³/mol. The van der Waals surface area contributed by atoms with Crippen LogP contribution in [0.1, 0.15) is 40.1 Å². The third-order valence-electron chi connectivity index (χ3n) is 4.24. The highest BCUT2D eigenvalue weighted by atomic mass is 32.2. The third-order valence-corrected chi connectivity index (χ3v) is 5.78. The summed E-state index contributed by atoms with van der Waals surface area (Å²) in [6, 6.07) is 10.6. The van der Waals surface area contributed by atoms with Gasteiger partial charge in [0.15, 0.2) is 5.37 Å². The minimum absolute atomic E-state index is 0.209. The minimum Gasteiger partial charge on any atom is -0.615 e. The van der Waals surface area contributed by atoms with Crippen LogP contribution in [0.2, 0.25) is 0 Å². The van der Waals surface area contributed by atoms with Crippen LogP contribution in [-0.2, 0) is 17.8 Å². The zero-order valence-electron chi connectivity index (χ0n) is 14.4. The Morgan fingerprint density at radius 3 is 2.42 bits per heavy atom. The van der Waals surface area contributed by atoms with Crippen molar-refractivity contribution in [1.82, 2.24) is 4.90 Å². The summed E-state index contributed by atoms with van der Waals surface area (Å²) >= 11 is -1.30. The molecule has 0 aliphatic carbocycles. The molecular formula is C19H18FNO4S. The fraction of sp³-hybridized carbons (Fsp3) is 0.263. The van der Waals surface area contributed by atoms with Crippen molar-refractivity contribution in [2.24, 2.45) is 0 Å². The summed E-state index contributed by atoms with van der Waals surface area (Å²) < 4.78 is 30.6. The summed E-state index contributed by atoms with van der Waals surface area (Å²) in [7, 11) is 0. The largest absolute Gasteiger partial charge is 0.615 e. The molecule has 0 radical (unpaired) electrons. The molecule has 26 heavy (non-hydrogen) atoms. The topological polar surface area (TPSA) is 69.7 Å². The van der Waals surface area contributed by atoms with E-state index in [1.54, 1.807) is 32.0 Å². The Hall–Kier alpha value is -2.38. The predicted octanol–water partition coefficient (Wildman–Crippen LogP) is 3.12. The van der Waals surface area contributed by atoms with Crippen molar-refractivity contribution in [2.45, 2.75) is 25.8 Å². The molecular weight excluding hydrogens is 357 g/mol. The lowest BCUT2D eigenvalue weighted by Gasteiger charge is -2.24. The Kier molecular flexibility index (Phi) is 5.29. The van der Waals surface area contributed by atoms with Crippen molar-refractivity contribution < 1.29 is 23.3 Å². The first-order chi connectivity index (χ1) is 12.4. The Balaban J connectivity index is 1.77. The van der Waals surface area contributed by atoms with Crippen LogP contribution in [0, 0.1) is 5.82 Å². The van der Waals surface area contributed by atoms with Crippen LogP contribution in [0.25, 0.3) is 0 Å². The van der Waals surface area contributed by atoms with Crippen LogP contribution >= 0.6 is 0 Å². The van der Waals surface area contributed by atoms with Crippen LogP contribution in [0.3, 0.4) is 0 Å². The van der Waals surface area contributed by atoms with Crippen molar-refractivity contribution in [3.63, 3.8) is 0 Å². The molecule has 2 amide bonds. The first-order valence-electron chi connectivity index (χ1n) is 8.18. The minimum atomic E-state index is -1.30. The van der Waals surface area contributed by atoms with E-state index in [0.29, 0.717) is 11.5 Å². The van der Waals surface area contributed by atoms with Crippen LogP contribution in [0.5, 0.6) is 5.75 Å². The normalized spacial score (nSPS) is 15.8. The standard InChI is InChI=1S/C19H18FNO4S/c1-3-26(24)12(2)21-18(22)16-9-8-15(10-17(16)19(21)23)25-11-13-4-6-14(20)7-5-13/h4-10,12H,3,11H2,1-2H3. The number of ether oxygens (including phenoxy) is 1. The summed E-state index contributed by atoms with van der Waals surface area (Å²) in [5, 5.41) is -0.684. The first-order valence-corrected chi connectivity index (χ1v) is 9.57. The lowest BCUT2D eigenvalue weighted by atomic mass is 10.1. The maximum absolute atomic E-state index is 12.9. The Morgan fingerprint density at radius 1 is 1.12 bits per heavy atom. The Bertz CT molecular complexity index is 840. The number of hydrogen-bond donors (Lipinski definition) is 0. The summed E-state index contributed by atoms with van der Waals surface area (Å²) in [5.41, 5.74) is 1.30. The number of benzene rings is 2. The van der Waals surface area contributed by atoms with E-state index in [9.17, 15) is 18.5 Å². The van der Waals surface area contributed by atoms with Gasteiger partial charge in [0.1, 0.15) is 23.9 Å². The van der Waals surface area contributed by atoms with Crippen molar-refractivity contribution >= 4 is 23.0 Å². The number of hydrogen-bond acceptors (Lipinski definition) is 4. The molecule has 0 fully saturated rings. The third kappa shape index (κ3) is 3.45. The van der Waals surface area contributed by atoms with Gasteiger partial charge in [-0.3, -0.25) is 9.59 Å². The number of carbonyl (C=O) groups is 2. The number of halogens is 1. The first kappa shape index (κ1) is 18.4. The van der Waals surface area contributed by atoms with Gasteiger partial charge < -0.3 is 9.29 Å². The second-order valence-corrected chi connectivity index (χ2v) is 7.89. The van der Waals surface area contributed by atoms with Crippen molar-refractivity contribution in [3.05, 3.63) is 65.0 Å². The van der Waals surface area contributed by atoms with Gasteiger partial charge in [-0.05, 0) is 54.0 Å². The van der Waals surface area contributed by atoms with Gasteiger partial charge >= 0.3 is 0 Å².